The molecule has 2 unspecified atom stereocenters. The Morgan fingerprint density at radius 1 is 1.39 bits per heavy atom. The third-order valence-electron chi connectivity index (χ3n) is 2.89. The number of ether oxygens (including phenoxy) is 1. The maximum atomic E-state index is 11.1. The molecule has 3 heteroatoms. The third-order valence-corrected chi connectivity index (χ3v) is 2.89. The minimum atomic E-state index is -0.0915. The molecule has 1 aromatic carbocycles. The van der Waals surface area contributed by atoms with Crippen LogP contribution in [0.4, 0.5) is 0 Å². The van der Waals surface area contributed by atoms with Crippen LogP contribution >= 0.6 is 0 Å². The number of methoxy groups -OCH3 is 1. The fourth-order valence-corrected chi connectivity index (χ4v) is 1.87. The Morgan fingerprint density at radius 3 is 2.67 bits per heavy atom. The van der Waals surface area contributed by atoms with E-state index in [-0.39, 0.29) is 12.0 Å². The molecule has 0 aromatic heterocycles. The Morgan fingerprint density at radius 2 is 2.11 bits per heavy atom. The van der Waals surface area contributed by atoms with Crippen molar-refractivity contribution in [3.05, 3.63) is 48.6 Å². The molecule has 1 rings (SSSR count). The van der Waals surface area contributed by atoms with Gasteiger partial charge in [-0.25, -0.2) is 0 Å². The topological polar surface area (TPSA) is 38.3 Å². The molecule has 2 atom stereocenters. The van der Waals surface area contributed by atoms with Crippen LogP contribution in [0.2, 0.25) is 0 Å². The first-order chi connectivity index (χ1) is 8.81. The number of hydrogen-bond donors (Lipinski definition) is 1. The number of carbonyl (C=O) groups is 1. The van der Waals surface area contributed by atoms with Crippen LogP contribution in [-0.4, -0.2) is 26.0 Å². The van der Waals surface area contributed by atoms with E-state index in [1.54, 1.807) is 13.2 Å². The van der Waals surface area contributed by atoms with Crippen LogP contribution in [0.15, 0.2) is 43.0 Å². The molecule has 0 saturated carbocycles. The fraction of sp³-hybridized carbons (Fsp3) is 0.400. The normalized spacial score (nSPS) is 13.8. The monoisotopic (exact) mass is 247 g/mol. The van der Waals surface area contributed by atoms with Crippen molar-refractivity contribution in [1.82, 2.24) is 5.32 Å². The molecular weight excluding hydrogens is 226 g/mol. The number of nitrogens with one attached hydrogen (secondary N) is 1. The van der Waals surface area contributed by atoms with E-state index >= 15 is 0 Å². The lowest BCUT2D eigenvalue weighted by atomic mass is 9.98. The predicted octanol–water partition coefficient (Wildman–Crippen LogP) is 2.18. The van der Waals surface area contributed by atoms with Crippen LogP contribution in [-0.2, 0) is 16.1 Å². The van der Waals surface area contributed by atoms with Crippen LogP contribution in [0.5, 0.6) is 0 Å². The molecule has 0 aliphatic carbocycles. The number of benzene rings is 1. The molecule has 0 spiro atoms. The summed E-state index contributed by atoms with van der Waals surface area (Å²) in [5.41, 5.74) is 1.20. The van der Waals surface area contributed by atoms with Crippen molar-refractivity contribution in [2.75, 3.05) is 13.7 Å². The van der Waals surface area contributed by atoms with Gasteiger partial charge in [-0.15, -0.1) is 6.58 Å². The van der Waals surface area contributed by atoms with Gasteiger partial charge in [-0.2, -0.15) is 0 Å². The van der Waals surface area contributed by atoms with Gasteiger partial charge in [0.1, 0.15) is 6.29 Å². The lowest BCUT2D eigenvalue weighted by Crippen LogP contribution is -2.40. The summed E-state index contributed by atoms with van der Waals surface area (Å²) in [5, 5.41) is 3.37. The highest BCUT2D eigenvalue weighted by Gasteiger charge is 2.19. The molecule has 0 heterocycles. The predicted molar refractivity (Wildman–Crippen MR) is 73.3 cm³/mol. The fourth-order valence-electron chi connectivity index (χ4n) is 1.87. The van der Waals surface area contributed by atoms with E-state index in [4.69, 9.17) is 4.74 Å². The Hall–Kier alpha value is -1.45. The molecule has 0 amide bonds. The maximum Gasteiger partial charge on any atom is 0.125 e. The zero-order chi connectivity index (χ0) is 13.2. The van der Waals surface area contributed by atoms with E-state index < -0.39 is 0 Å². The first-order valence-corrected chi connectivity index (χ1v) is 6.14. The van der Waals surface area contributed by atoms with Crippen LogP contribution < -0.4 is 5.32 Å². The van der Waals surface area contributed by atoms with Gasteiger partial charge in [0.2, 0.25) is 0 Å². The van der Waals surface area contributed by atoms with Gasteiger partial charge < -0.3 is 14.8 Å². The number of rotatable bonds is 9. The summed E-state index contributed by atoms with van der Waals surface area (Å²) >= 11 is 0. The van der Waals surface area contributed by atoms with Crippen molar-refractivity contribution in [3.8, 4) is 0 Å². The van der Waals surface area contributed by atoms with Crippen molar-refractivity contribution in [2.45, 2.75) is 19.0 Å². The van der Waals surface area contributed by atoms with Crippen LogP contribution in [0.25, 0.3) is 0 Å². The number of aldehydes is 1. The van der Waals surface area contributed by atoms with Crippen LogP contribution in [0, 0.1) is 5.92 Å². The highest BCUT2D eigenvalue weighted by atomic mass is 16.5. The molecule has 0 aliphatic rings. The molecule has 98 valence electrons. The van der Waals surface area contributed by atoms with Crippen molar-refractivity contribution in [1.29, 1.82) is 0 Å². The summed E-state index contributed by atoms with van der Waals surface area (Å²) in [6.07, 6.45) is 3.41. The quantitative estimate of drug-likeness (QED) is 0.537. The van der Waals surface area contributed by atoms with E-state index in [1.807, 2.05) is 18.2 Å². The zero-order valence-corrected chi connectivity index (χ0v) is 10.8. The summed E-state index contributed by atoms with van der Waals surface area (Å²) in [4.78, 5) is 11.1. The summed E-state index contributed by atoms with van der Waals surface area (Å²) < 4.78 is 5.17. The highest BCUT2D eigenvalue weighted by molar-refractivity contribution is 5.55. The second kappa shape index (κ2) is 8.61. The molecule has 0 aliphatic heterocycles. The Labute approximate surface area is 109 Å². The van der Waals surface area contributed by atoms with E-state index in [0.29, 0.717) is 13.0 Å². The summed E-state index contributed by atoms with van der Waals surface area (Å²) in [6, 6.07) is 10.1. The Balaban J connectivity index is 2.56. The van der Waals surface area contributed by atoms with Gasteiger partial charge in [0.15, 0.2) is 0 Å². The van der Waals surface area contributed by atoms with Gasteiger partial charge >= 0.3 is 0 Å². The summed E-state index contributed by atoms with van der Waals surface area (Å²) in [5.74, 6) is -0.0915. The van der Waals surface area contributed by atoms with E-state index in [9.17, 15) is 4.79 Å². The SMILES string of the molecule is C=CCC(C=O)C(COC)NCc1ccccc1. The van der Waals surface area contributed by atoms with Crippen molar-refractivity contribution >= 4 is 6.29 Å². The van der Waals surface area contributed by atoms with Gasteiger partial charge in [-0.3, -0.25) is 0 Å². The summed E-state index contributed by atoms with van der Waals surface area (Å²) in [7, 11) is 1.65. The van der Waals surface area contributed by atoms with Gasteiger partial charge in [0.05, 0.1) is 6.61 Å². The molecule has 0 fully saturated rings. The van der Waals surface area contributed by atoms with Gasteiger partial charge in [0, 0.05) is 25.6 Å². The van der Waals surface area contributed by atoms with E-state index in [1.165, 1.54) is 5.56 Å². The summed E-state index contributed by atoms with van der Waals surface area (Å²) in [6.45, 7) is 4.93. The molecular formula is C15H21NO2. The minimum absolute atomic E-state index is 0.0192. The molecule has 3 nitrogen and oxygen atoms in total. The third kappa shape index (κ3) is 4.82. The van der Waals surface area contributed by atoms with Gasteiger partial charge in [-0.05, 0) is 12.0 Å². The second-order valence-corrected chi connectivity index (χ2v) is 4.25. The van der Waals surface area contributed by atoms with Gasteiger partial charge in [-0.1, -0.05) is 36.4 Å². The zero-order valence-electron chi connectivity index (χ0n) is 10.8. The number of hydrogen-bond acceptors (Lipinski definition) is 3. The van der Waals surface area contributed by atoms with Crippen molar-refractivity contribution in [3.63, 3.8) is 0 Å². The molecule has 1 aromatic rings. The van der Waals surface area contributed by atoms with Crippen molar-refractivity contribution < 1.29 is 9.53 Å². The smallest absolute Gasteiger partial charge is 0.125 e. The molecule has 1 N–H and O–H groups in total. The van der Waals surface area contributed by atoms with E-state index in [2.05, 4.69) is 24.0 Å². The molecule has 18 heavy (non-hydrogen) atoms. The van der Waals surface area contributed by atoms with Crippen LogP contribution in [0.3, 0.4) is 0 Å². The minimum Gasteiger partial charge on any atom is -0.383 e. The standard InChI is InChI=1S/C15H21NO2/c1-3-7-14(11-17)15(12-18-2)16-10-13-8-5-4-6-9-13/h3-6,8-9,11,14-16H,1,7,10,12H2,2H3. The maximum absolute atomic E-state index is 11.1. The Bertz CT molecular complexity index is 351. The first-order valence-electron chi connectivity index (χ1n) is 6.14. The Kier molecular flexibility index (Phi) is 6.99. The van der Waals surface area contributed by atoms with Gasteiger partial charge in [0.25, 0.3) is 0 Å². The molecule has 0 radical (unpaired) electrons. The average molecular weight is 247 g/mol. The van der Waals surface area contributed by atoms with E-state index in [0.717, 1.165) is 12.8 Å². The number of allylic oxidation sites excluding steroid dienone is 1. The second-order valence-electron chi connectivity index (χ2n) is 4.25. The lowest BCUT2D eigenvalue weighted by molar-refractivity contribution is -0.112. The lowest BCUT2D eigenvalue weighted by Gasteiger charge is -2.22. The first kappa shape index (κ1) is 14.6. The van der Waals surface area contributed by atoms with Crippen LogP contribution in [0.1, 0.15) is 12.0 Å². The largest absolute Gasteiger partial charge is 0.383 e. The molecule has 0 bridgehead atoms. The number of carbonyl (C=O) groups excluding carboxylic acids is 1. The highest BCUT2D eigenvalue weighted by Crippen LogP contribution is 2.09. The average Bonchev–Trinajstić information content (AvgIpc) is 2.42. The molecule has 0 saturated heterocycles. The van der Waals surface area contributed by atoms with Crippen molar-refractivity contribution in [2.24, 2.45) is 5.92 Å².